The molecule has 3 atom stereocenters. The fourth-order valence-corrected chi connectivity index (χ4v) is 5.90. The van der Waals surface area contributed by atoms with Gasteiger partial charge in [0.2, 0.25) is 0 Å². The smallest absolute Gasteiger partial charge is 0.120 e. The second kappa shape index (κ2) is 11.4. The maximum absolute atomic E-state index is 11.9. The van der Waals surface area contributed by atoms with Crippen molar-refractivity contribution in [3.05, 3.63) is 29.8 Å². The molecule has 5 heteroatoms. The van der Waals surface area contributed by atoms with Crippen molar-refractivity contribution in [2.75, 3.05) is 27.2 Å². The zero-order chi connectivity index (χ0) is 21.0. The third-order valence-corrected chi connectivity index (χ3v) is 7.64. The zero-order valence-electron chi connectivity index (χ0n) is 19.4. The Balaban J connectivity index is 0.00000272. The van der Waals surface area contributed by atoms with Crippen LogP contribution in [0, 0.1) is 11.8 Å². The zero-order valence-corrected chi connectivity index (χ0v) is 20.2. The van der Waals surface area contributed by atoms with Crippen LogP contribution in [0.15, 0.2) is 24.3 Å². The van der Waals surface area contributed by atoms with Gasteiger partial charge in [0, 0.05) is 19.1 Å². The summed E-state index contributed by atoms with van der Waals surface area (Å²) in [4.78, 5) is 2.20. The molecular formula is C26H42ClNO3. The molecule has 0 aromatic heterocycles. The predicted octanol–water partition coefficient (Wildman–Crippen LogP) is 5.55. The van der Waals surface area contributed by atoms with Gasteiger partial charge in [-0.05, 0) is 95.5 Å². The first-order chi connectivity index (χ1) is 14.5. The van der Waals surface area contributed by atoms with Crippen LogP contribution in [-0.4, -0.2) is 49.5 Å². The summed E-state index contributed by atoms with van der Waals surface area (Å²) in [7, 11) is 4.20. The first kappa shape index (κ1) is 24.8. The van der Waals surface area contributed by atoms with Crippen molar-refractivity contribution >= 4 is 12.4 Å². The van der Waals surface area contributed by atoms with Crippen LogP contribution in [0.5, 0.6) is 5.75 Å². The van der Waals surface area contributed by atoms with Gasteiger partial charge in [0.05, 0.1) is 17.8 Å². The van der Waals surface area contributed by atoms with E-state index < -0.39 is 5.60 Å². The van der Waals surface area contributed by atoms with Gasteiger partial charge in [-0.25, -0.2) is 0 Å². The molecule has 0 amide bonds. The fraction of sp³-hybridized carbons (Fsp3) is 0.769. The third kappa shape index (κ3) is 6.37. The Hall–Kier alpha value is -0.810. The Morgan fingerprint density at radius 2 is 1.71 bits per heavy atom. The number of hydrogen-bond acceptors (Lipinski definition) is 4. The number of halogens is 1. The molecule has 4 rings (SSSR count). The molecule has 4 nitrogen and oxygen atoms in total. The molecule has 1 N–H and O–H groups in total. The standard InChI is InChI=1S/C26H41NO3.ClH/c1-27(2)18-22-17-24(29-19-20-8-3-4-9-20)14-15-26(22,28)21-10-7-13-25(16-21)30-23-11-5-6-12-23;/h7,10,13,16,20,22-24,28H,3-6,8-9,11-12,14-15,17-19H2,1-2H3;1H. The highest BCUT2D eigenvalue weighted by Crippen LogP contribution is 2.44. The molecule has 0 aliphatic heterocycles. The monoisotopic (exact) mass is 451 g/mol. The lowest BCUT2D eigenvalue weighted by Gasteiger charge is -2.44. The van der Waals surface area contributed by atoms with Gasteiger partial charge in [0.15, 0.2) is 0 Å². The van der Waals surface area contributed by atoms with Crippen molar-refractivity contribution in [2.24, 2.45) is 11.8 Å². The second-order valence-electron chi connectivity index (χ2n) is 10.3. The van der Waals surface area contributed by atoms with Gasteiger partial charge in [-0.1, -0.05) is 25.0 Å². The van der Waals surface area contributed by atoms with E-state index in [1.807, 2.05) is 12.1 Å². The Labute approximate surface area is 195 Å². The van der Waals surface area contributed by atoms with Crippen molar-refractivity contribution < 1.29 is 14.6 Å². The van der Waals surface area contributed by atoms with Gasteiger partial charge in [-0.2, -0.15) is 0 Å². The SMILES string of the molecule is CN(C)CC1CC(OCC2CCCC2)CCC1(O)c1cccc(OC2CCCC2)c1.Cl. The Bertz CT molecular complexity index is 672. The Morgan fingerprint density at radius 1 is 1.00 bits per heavy atom. The molecule has 0 saturated heterocycles. The van der Waals surface area contributed by atoms with Crippen molar-refractivity contribution in [3.8, 4) is 5.75 Å². The first-order valence-corrected chi connectivity index (χ1v) is 12.3. The highest BCUT2D eigenvalue weighted by Gasteiger charge is 2.44. The van der Waals surface area contributed by atoms with E-state index in [1.165, 1.54) is 38.5 Å². The highest BCUT2D eigenvalue weighted by atomic mass is 35.5. The topological polar surface area (TPSA) is 41.9 Å². The minimum atomic E-state index is -0.813. The lowest BCUT2D eigenvalue weighted by Crippen LogP contribution is -2.47. The van der Waals surface area contributed by atoms with Crippen molar-refractivity contribution in [3.63, 3.8) is 0 Å². The molecule has 3 saturated carbocycles. The van der Waals surface area contributed by atoms with E-state index in [1.54, 1.807) is 0 Å². The summed E-state index contributed by atoms with van der Waals surface area (Å²) in [6.07, 6.45) is 13.4. The fourth-order valence-electron chi connectivity index (χ4n) is 5.90. The molecule has 0 bridgehead atoms. The maximum atomic E-state index is 11.9. The van der Waals surface area contributed by atoms with Crippen LogP contribution < -0.4 is 4.74 Å². The Kier molecular flexibility index (Phi) is 9.10. The minimum Gasteiger partial charge on any atom is -0.490 e. The minimum absolute atomic E-state index is 0. The predicted molar refractivity (Wildman–Crippen MR) is 128 cm³/mol. The lowest BCUT2D eigenvalue weighted by molar-refractivity contribution is -0.111. The van der Waals surface area contributed by atoms with Crippen molar-refractivity contribution in [2.45, 2.75) is 88.4 Å². The number of nitrogens with zero attached hydrogens (tertiary/aromatic N) is 1. The van der Waals surface area contributed by atoms with Crippen LogP contribution in [0.2, 0.25) is 0 Å². The van der Waals surface area contributed by atoms with E-state index in [9.17, 15) is 5.11 Å². The molecule has 3 unspecified atom stereocenters. The summed E-state index contributed by atoms with van der Waals surface area (Å²) in [6.45, 7) is 1.77. The summed E-state index contributed by atoms with van der Waals surface area (Å²) in [5, 5.41) is 11.9. The van der Waals surface area contributed by atoms with Crippen LogP contribution in [0.4, 0.5) is 0 Å². The second-order valence-corrected chi connectivity index (χ2v) is 10.3. The molecule has 1 aromatic carbocycles. The number of ether oxygens (including phenoxy) is 2. The average molecular weight is 452 g/mol. The van der Waals surface area contributed by atoms with Crippen LogP contribution in [-0.2, 0) is 10.3 Å². The first-order valence-electron chi connectivity index (χ1n) is 12.3. The molecule has 0 radical (unpaired) electrons. The van der Waals surface area contributed by atoms with Gasteiger partial charge >= 0.3 is 0 Å². The molecule has 0 heterocycles. The summed E-state index contributed by atoms with van der Waals surface area (Å²) >= 11 is 0. The van der Waals surface area contributed by atoms with Crippen molar-refractivity contribution in [1.82, 2.24) is 4.90 Å². The highest BCUT2D eigenvalue weighted by molar-refractivity contribution is 5.85. The van der Waals surface area contributed by atoms with Crippen LogP contribution in [0.25, 0.3) is 0 Å². The molecule has 1 aromatic rings. The molecule has 3 aliphatic carbocycles. The van der Waals surface area contributed by atoms with Gasteiger partial charge in [-0.15, -0.1) is 12.4 Å². The van der Waals surface area contributed by atoms with E-state index in [0.29, 0.717) is 6.10 Å². The van der Waals surface area contributed by atoms with E-state index in [4.69, 9.17) is 9.47 Å². The molecule has 31 heavy (non-hydrogen) atoms. The van der Waals surface area contributed by atoms with E-state index >= 15 is 0 Å². The quantitative estimate of drug-likeness (QED) is 0.562. The van der Waals surface area contributed by atoms with E-state index in [-0.39, 0.29) is 24.4 Å². The van der Waals surface area contributed by atoms with Gasteiger partial charge < -0.3 is 19.5 Å². The van der Waals surface area contributed by atoms with Crippen molar-refractivity contribution in [1.29, 1.82) is 0 Å². The summed E-state index contributed by atoms with van der Waals surface area (Å²) in [5.74, 6) is 1.83. The van der Waals surface area contributed by atoms with Gasteiger partial charge in [-0.3, -0.25) is 0 Å². The normalized spacial score (nSPS) is 29.9. The number of aliphatic hydroxyl groups is 1. The lowest BCUT2D eigenvalue weighted by atomic mass is 9.70. The molecule has 3 aliphatic rings. The van der Waals surface area contributed by atoms with Gasteiger partial charge in [0.25, 0.3) is 0 Å². The molecule has 0 spiro atoms. The molecule has 3 fully saturated rings. The Morgan fingerprint density at radius 3 is 2.42 bits per heavy atom. The third-order valence-electron chi connectivity index (χ3n) is 7.64. The van der Waals surface area contributed by atoms with Crippen LogP contribution in [0.3, 0.4) is 0 Å². The van der Waals surface area contributed by atoms with E-state index in [0.717, 1.165) is 62.5 Å². The number of benzene rings is 1. The largest absolute Gasteiger partial charge is 0.490 e. The number of hydrogen-bond donors (Lipinski definition) is 1. The van der Waals surface area contributed by atoms with Gasteiger partial charge in [0.1, 0.15) is 5.75 Å². The molecule has 176 valence electrons. The number of rotatable bonds is 8. The summed E-state index contributed by atoms with van der Waals surface area (Å²) in [5.41, 5.74) is 0.200. The molecular weight excluding hydrogens is 410 g/mol. The average Bonchev–Trinajstić information content (AvgIpc) is 3.43. The van der Waals surface area contributed by atoms with Crippen LogP contribution >= 0.6 is 12.4 Å². The van der Waals surface area contributed by atoms with E-state index in [2.05, 4.69) is 31.1 Å². The summed E-state index contributed by atoms with van der Waals surface area (Å²) < 4.78 is 12.6. The maximum Gasteiger partial charge on any atom is 0.120 e. The summed E-state index contributed by atoms with van der Waals surface area (Å²) in [6, 6.07) is 8.28. The van der Waals surface area contributed by atoms with Crippen LogP contribution in [0.1, 0.15) is 76.2 Å².